The first kappa shape index (κ1) is 10.7. The molecule has 2 fully saturated rings. The summed E-state index contributed by atoms with van der Waals surface area (Å²) in [5, 5.41) is 2.16. The summed E-state index contributed by atoms with van der Waals surface area (Å²) in [7, 11) is 0. The number of morpholine rings is 1. The standard InChI is InChI=1S/C12H18N2OS/c1-2-4-12-11(3-1)14(5-6-15-12)7-10-8-16-9-13-10/h8-9,11-12H,1-7H2/t11-,12-/m0/s1. The van der Waals surface area contributed by atoms with Crippen LogP contribution in [0.15, 0.2) is 10.9 Å². The summed E-state index contributed by atoms with van der Waals surface area (Å²) in [5.41, 5.74) is 3.14. The Morgan fingerprint density at radius 3 is 3.25 bits per heavy atom. The van der Waals surface area contributed by atoms with Gasteiger partial charge in [-0.25, -0.2) is 4.98 Å². The maximum absolute atomic E-state index is 5.87. The van der Waals surface area contributed by atoms with E-state index in [1.807, 2.05) is 5.51 Å². The number of fused-ring (bicyclic) bond motifs is 1. The fourth-order valence-electron chi connectivity index (χ4n) is 2.90. The number of aromatic nitrogens is 1. The predicted molar refractivity (Wildman–Crippen MR) is 64.5 cm³/mol. The minimum atomic E-state index is 0.487. The second kappa shape index (κ2) is 4.82. The molecular formula is C12H18N2OS. The van der Waals surface area contributed by atoms with E-state index in [4.69, 9.17) is 4.74 Å². The van der Waals surface area contributed by atoms with Crippen LogP contribution in [0.25, 0.3) is 0 Å². The Kier molecular flexibility index (Phi) is 3.22. The largest absolute Gasteiger partial charge is 0.375 e. The molecule has 16 heavy (non-hydrogen) atoms. The van der Waals surface area contributed by atoms with Gasteiger partial charge in [-0.2, -0.15) is 0 Å². The molecule has 0 spiro atoms. The van der Waals surface area contributed by atoms with Crippen molar-refractivity contribution in [1.82, 2.24) is 9.88 Å². The lowest BCUT2D eigenvalue weighted by atomic mass is 9.90. The van der Waals surface area contributed by atoms with Crippen molar-refractivity contribution in [3.05, 3.63) is 16.6 Å². The van der Waals surface area contributed by atoms with Crippen LogP contribution in [0.1, 0.15) is 31.4 Å². The zero-order chi connectivity index (χ0) is 10.8. The van der Waals surface area contributed by atoms with Crippen molar-refractivity contribution in [2.75, 3.05) is 13.2 Å². The molecule has 1 saturated carbocycles. The molecule has 2 aliphatic rings. The van der Waals surface area contributed by atoms with Gasteiger partial charge in [-0.15, -0.1) is 11.3 Å². The van der Waals surface area contributed by atoms with Gasteiger partial charge in [0, 0.05) is 24.5 Å². The Hall–Kier alpha value is -0.450. The van der Waals surface area contributed by atoms with Crippen LogP contribution in [0.4, 0.5) is 0 Å². The van der Waals surface area contributed by atoms with E-state index in [1.54, 1.807) is 11.3 Å². The summed E-state index contributed by atoms with van der Waals surface area (Å²) in [6.45, 7) is 2.97. The number of rotatable bonds is 2. The minimum Gasteiger partial charge on any atom is -0.375 e. The van der Waals surface area contributed by atoms with Gasteiger partial charge in [0.25, 0.3) is 0 Å². The second-order valence-electron chi connectivity index (χ2n) is 4.71. The lowest BCUT2D eigenvalue weighted by Crippen LogP contribution is -2.52. The molecule has 0 radical (unpaired) electrons. The van der Waals surface area contributed by atoms with Crippen LogP contribution in [-0.2, 0) is 11.3 Å². The van der Waals surface area contributed by atoms with Crippen LogP contribution >= 0.6 is 11.3 Å². The molecule has 1 aromatic rings. The van der Waals surface area contributed by atoms with Crippen LogP contribution in [0, 0.1) is 0 Å². The SMILES string of the molecule is c1nc(CN2CCO[C@H]3CCCC[C@@H]32)cs1. The molecule has 1 aromatic heterocycles. The number of nitrogens with zero attached hydrogens (tertiary/aromatic N) is 2. The van der Waals surface area contributed by atoms with Gasteiger partial charge in [0.15, 0.2) is 0 Å². The van der Waals surface area contributed by atoms with Gasteiger partial charge < -0.3 is 4.74 Å². The van der Waals surface area contributed by atoms with Gasteiger partial charge >= 0.3 is 0 Å². The molecule has 1 saturated heterocycles. The third kappa shape index (κ3) is 2.14. The van der Waals surface area contributed by atoms with E-state index < -0.39 is 0 Å². The highest BCUT2D eigenvalue weighted by molar-refractivity contribution is 7.07. The summed E-state index contributed by atoms with van der Waals surface area (Å²) >= 11 is 1.69. The van der Waals surface area contributed by atoms with E-state index in [2.05, 4.69) is 15.3 Å². The van der Waals surface area contributed by atoms with Gasteiger partial charge in [0.2, 0.25) is 0 Å². The molecule has 4 heteroatoms. The van der Waals surface area contributed by atoms with Gasteiger partial charge in [0.1, 0.15) is 0 Å². The smallest absolute Gasteiger partial charge is 0.0795 e. The molecule has 0 N–H and O–H groups in total. The van der Waals surface area contributed by atoms with Gasteiger partial charge in [0.05, 0.1) is 23.9 Å². The van der Waals surface area contributed by atoms with Crippen molar-refractivity contribution in [3.8, 4) is 0 Å². The monoisotopic (exact) mass is 238 g/mol. The lowest BCUT2D eigenvalue weighted by molar-refractivity contribution is -0.0914. The van der Waals surface area contributed by atoms with Crippen LogP contribution < -0.4 is 0 Å². The highest BCUT2D eigenvalue weighted by Gasteiger charge is 2.34. The molecule has 0 amide bonds. The Morgan fingerprint density at radius 2 is 2.38 bits per heavy atom. The maximum Gasteiger partial charge on any atom is 0.0795 e. The molecule has 2 heterocycles. The van der Waals surface area contributed by atoms with E-state index in [1.165, 1.54) is 31.4 Å². The third-order valence-electron chi connectivity index (χ3n) is 3.70. The highest BCUT2D eigenvalue weighted by Crippen LogP contribution is 2.29. The van der Waals surface area contributed by atoms with E-state index in [0.29, 0.717) is 12.1 Å². The minimum absolute atomic E-state index is 0.487. The molecule has 3 rings (SSSR count). The second-order valence-corrected chi connectivity index (χ2v) is 5.43. The lowest BCUT2D eigenvalue weighted by Gasteiger charge is -2.43. The summed E-state index contributed by atoms with van der Waals surface area (Å²) in [6, 6.07) is 0.643. The normalized spacial score (nSPS) is 31.2. The number of thiazole rings is 1. The van der Waals surface area contributed by atoms with Crippen molar-refractivity contribution >= 4 is 11.3 Å². The first-order valence-corrected chi connectivity index (χ1v) is 7.10. The Labute approximate surface area is 100 Å². The van der Waals surface area contributed by atoms with E-state index in [0.717, 1.165) is 19.7 Å². The van der Waals surface area contributed by atoms with Gasteiger partial charge in [-0.1, -0.05) is 12.8 Å². The Bertz CT molecular complexity index is 326. The van der Waals surface area contributed by atoms with Gasteiger partial charge in [-0.05, 0) is 12.8 Å². The molecule has 1 aliphatic heterocycles. The number of hydrogen-bond donors (Lipinski definition) is 0. The Balaban J connectivity index is 1.68. The van der Waals surface area contributed by atoms with Crippen LogP contribution in [0.2, 0.25) is 0 Å². The third-order valence-corrected chi connectivity index (χ3v) is 4.33. The van der Waals surface area contributed by atoms with Crippen LogP contribution in [0.5, 0.6) is 0 Å². The highest BCUT2D eigenvalue weighted by atomic mass is 32.1. The molecule has 0 unspecified atom stereocenters. The summed E-state index contributed by atoms with van der Waals surface area (Å²) in [4.78, 5) is 6.96. The van der Waals surface area contributed by atoms with E-state index in [9.17, 15) is 0 Å². The quantitative estimate of drug-likeness (QED) is 0.790. The molecule has 0 bridgehead atoms. The van der Waals surface area contributed by atoms with Gasteiger partial charge in [-0.3, -0.25) is 4.90 Å². The average molecular weight is 238 g/mol. The summed E-state index contributed by atoms with van der Waals surface area (Å²) < 4.78 is 5.87. The van der Waals surface area contributed by atoms with Crippen molar-refractivity contribution in [2.45, 2.75) is 44.4 Å². The topological polar surface area (TPSA) is 25.4 Å². The molecule has 1 aliphatic carbocycles. The first-order valence-electron chi connectivity index (χ1n) is 6.16. The van der Waals surface area contributed by atoms with Crippen molar-refractivity contribution in [1.29, 1.82) is 0 Å². The molecular weight excluding hydrogens is 220 g/mol. The molecule has 0 aromatic carbocycles. The van der Waals surface area contributed by atoms with Crippen molar-refractivity contribution < 1.29 is 4.74 Å². The van der Waals surface area contributed by atoms with E-state index in [-0.39, 0.29) is 0 Å². The zero-order valence-corrected chi connectivity index (χ0v) is 10.3. The predicted octanol–water partition coefficient (Wildman–Crippen LogP) is 2.29. The van der Waals surface area contributed by atoms with E-state index >= 15 is 0 Å². The molecule has 2 atom stereocenters. The summed E-state index contributed by atoms with van der Waals surface area (Å²) in [5.74, 6) is 0. The number of hydrogen-bond acceptors (Lipinski definition) is 4. The first-order chi connectivity index (χ1) is 7.93. The Morgan fingerprint density at radius 1 is 1.44 bits per heavy atom. The van der Waals surface area contributed by atoms with Crippen LogP contribution in [0.3, 0.4) is 0 Å². The van der Waals surface area contributed by atoms with Crippen LogP contribution in [-0.4, -0.2) is 35.2 Å². The van der Waals surface area contributed by atoms with Crippen molar-refractivity contribution in [3.63, 3.8) is 0 Å². The fraction of sp³-hybridized carbons (Fsp3) is 0.750. The average Bonchev–Trinajstić information content (AvgIpc) is 2.82. The fourth-order valence-corrected chi connectivity index (χ4v) is 3.45. The molecule has 88 valence electrons. The maximum atomic E-state index is 5.87. The summed E-state index contributed by atoms with van der Waals surface area (Å²) in [6.07, 6.45) is 5.73. The molecule has 3 nitrogen and oxygen atoms in total. The number of ether oxygens (including phenoxy) is 1. The van der Waals surface area contributed by atoms with Crippen molar-refractivity contribution in [2.24, 2.45) is 0 Å². The zero-order valence-electron chi connectivity index (χ0n) is 9.47.